The zero-order chi connectivity index (χ0) is 26.4. The van der Waals surface area contributed by atoms with Gasteiger partial charge in [0.2, 0.25) is 0 Å². The number of ether oxygens (including phenoxy) is 4. The Morgan fingerprint density at radius 1 is 0.600 bits per heavy atom. The summed E-state index contributed by atoms with van der Waals surface area (Å²) in [7, 11) is 0. The molecule has 0 amide bonds. The lowest BCUT2D eigenvalue weighted by Crippen LogP contribution is -2.55. The Balaban J connectivity index is 4.94. The van der Waals surface area contributed by atoms with E-state index in [1.54, 1.807) is 0 Å². The number of hydrogen-bond acceptors (Lipinski definition) is 4. The minimum absolute atomic E-state index is 0.0161. The molecule has 0 saturated carbocycles. The third kappa shape index (κ3) is 19.6. The van der Waals surface area contributed by atoms with E-state index in [9.17, 15) is 0 Å². The van der Waals surface area contributed by atoms with Crippen LogP contribution in [0.4, 0.5) is 0 Å². The highest BCUT2D eigenvalue weighted by Crippen LogP contribution is 2.33. The predicted octanol–water partition coefficient (Wildman–Crippen LogP) is 9.97. The fraction of sp³-hybridized carbons (Fsp3) is 1.00. The van der Waals surface area contributed by atoms with E-state index in [0.29, 0.717) is 13.2 Å². The van der Waals surface area contributed by atoms with Gasteiger partial charge in [0, 0.05) is 6.61 Å². The van der Waals surface area contributed by atoms with Gasteiger partial charge in [0.15, 0.2) is 0 Å². The summed E-state index contributed by atoms with van der Waals surface area (Å²) in [4.78, 5) is 0. The van der Waals surface area contributed by atoms with Gasteiger partial charge in [-0.1, -0.05) is 110 Å². The van der Waals surface area contributed by atoms with Crippen molar-refractivity contribution in [2.45, 2.75) is 188 Å². The van der Waals surface area contributed by atoms with Gasteiger partial charge in [-0.2, -0.15) is 0 Å². The number of unbranched alkanes of at least 4 members (excludes halogenated alkanes) is 14. The summed E-state index contributed by atoms with van der Waals surface area (Å²) in [5.74, 6) is -1.16. The van der Waals surface area contributed by atoms with Crippen LogP contribution in [-0.2, 0) is 18.9 Å². The highest BCUT2D eigenvalue weighted by Gasteiger charge is 2.47. The van der Waals surface area contributed by atoms with Gasteiger partial charge in [-0.3, -0.25) is 0 Å². The second-order valence-corrected chi connectivity index (χ2v) is 11.5. The standard InChI is InChI=1S/C31H64O4/c1-9-12-14-16-18-19-20-21-22-24-26-29(32-11-3)31(34-28(4)5,35-30(6,7)8)33-27-25-23-17-15-13-10-2/h28-29H,9-27H2,1-8H3. The van der Waals surface area contributed by atoms with Crippen LogP contribution >= 0.6 is 0 Å². The minimum Gasteiger partial charge on any atom is -0.370 e. The van der Waals surface area contributed by atoms with Gasteiger partial charge in [0.1, 0.15) is 6.10 Å². The summed E-state index contributed by atoms with van der Waals surface area (Å²) in [6, 6.07) is 0. The maximum Gasteiger partial charge on any atom is 0.311 e. The van der Waals surface area contributed by atoms with E-state index < -0.39 is 11.6 Å². The summed E-state index contributed by atoms with van der Waals surface area (Å²) in [5, 5.41) is 0. The van der Waals surface area contributed by atoms with E-state index in [-0.39, 0.29) is 12.2 Å². The summed E-state index contributed by atoms with van der Waals surface area (Å²) in [5.41, 5.74) is -0.400. The molecule has 0 bridgehead atoms. The van der Waals surface area contributed by atoms with Crippen LogP contribution in [0, 0.1) is 0 Å². The molecule has 4 nitrogen and oxygen atoms in total. The monoisotopic (exact) mass is 500 g/mol. The quantitative estimate of drug-likeness (QED) is 0.0923. The third-order valence-electron chi connectivity index (χ3n) is 6.23. The molecule has 35 heavy (non-hydrogen) atoms. The molecule has 0 aromatic heterocycles. The van der Waals surface area contributed by atoms with Crippen molar-refractivity contribution in [3.05, 3.63) is 0 Å². The van der Waals surface area contributed by atoms with Gasteiger partial charge < -0.3 is 18.9 Å². The van der Waals surface area contributed by atoms with Crippen molar-refractivity contribution in [2.24, 2.45) is 0 Å². The molecule has 0 aromatic carbocycles. The van der Waals surface area contributed by atoms with Crippen LogP contribution in [-0.4, -0.2) is 37.0 Å². The van der Waals surface area contributed by atoms with Crippen LogP contribution in [0.5, 0.6) is 0 Å². The average molecular weight is 501 g/mol. The van der Waals surface area contributed by atoms with Crippen molar-refractivity contribution >= 4 is 0 Å². The SMILES string of the molecule is CCCCCCCCCCCCC(OCC)C(OCCCCCCCC)(OC(C)C)OC(C)(C)C. The molecule has 0 aliphatic carbocycles. The molecule has 0 aromatic rings. The van der Waals surface area contributed by atoms with Crippen LogP contribution in [0.1, 0.15) is 165 Å². The van der Waals surface area contributed by atoms with Gasteiger partial charge in [-0.05, 0) is 54.4 Å². The van der Waals surface area contributed by atoms with Gasteiger partial charge in [-0.25, -0.2) is 0 Å². The van der Waals surface area contributed by atoms with Crippen molar-refractivity contribution in [3.8, 4) is 0 Å². The molecule has 2 unspecified atom stereocenters. The molecule has 0 aliphatic heterocycles. The zero-order valence-corrected chi connectivity index (χ0v) is 25.2. The summed E-state index contributed by atoms with van der Waals surface area (Å²) in [6.07, 6.45) is 21.3. The zero-order valence-electron chi connectivity index (χ0n) is 25.2. The topological polar surface area (TPSA) is 36.9 Å². The van der Waals surface area contributed by atoms with Crippen LogP contribution in [0.15, 0.2) is 0 Å². The molecule has 0 saturated heterocycles. The van der Waals surface area contributed by atoms with Crippen molar-refractivity contribution in [2.75, 3.05) is 13.2 Å². The molecule has 0 N–H and O–H groups in total. The van der Waals surface area contributed by atoms with E-state index in [1.165, 1.54) is 89.9 Å². The molecule has 0 heterocycles. The Hall–Kier alpha value is -0.160. The van der Waals surface area contributed by atoms with Crippen molar-refractivity contribution in [3.63, 3.8) is 0 Å². The second-order valence-electron chi connectivity index (χ2n) is 11.5. The lowest BCUT2D eigenvalue weighted by atomic mass is 10.0. The molecule has 0 aliphatic rings. The molecular formula is C31H64O4. The number of hydrogen-bond donors (Lipinski definition) is 0. The van der Waals surface area contributed by atoms with E-state index in [0.717, 1.165) is 19.3 Å². The molecular weight excluding hydrogens is 436 g/mol. The third-order valence-corrected chi connectivity index (χ3v) is 6.23. The molecule has 0 spiro atoms. The first kappa shape index (κ1) is 34.8. The maximum atomic E-state index is 6.57. The van der Waals surface area contributed by atoms with Crippen molar-refractivity contribution in [1.82, 2.24) is 0 Å². The maximum absolute atomic E-state index is 6.57. The summed E-state index contributed by atoms with van der Waals surface area (Å²) in [6.45, 7) is 18.2. The number of rotatable bonds is 25. The lowest BCUT2D eigenvalue weighted by molar-refractivity contribution is -0.447. The van der Waals surface area contributed by atoms with Gasteiger partial charge in [0.05, 0.1) is 18.3 Å². The fourth-order valence-corrected chi connectivity index (χ4v) is 4.55. The van der Waals surface area contributed by atoms with Crippen LogP contribution in [0.2, 0.25) is 0 Å². The van der Waals surface area contributed by atoms with Gasteiger partial charge in [0.25, 0.3) is 0 Å². The van der Waals surface area contributed by atoms with Crippen molar-refractivity contribution in [1.29, 1.82) is 0 Å². The largest absolute Gasteiger partial charge is 0.370 e. The van der Waals surface area contributed by atoms with E-state index in [4.69, 9.17) is 18.9 Å². The second kappa shape index (κ2) is 21.9. The normalized spacial score (nSPS) is 15.0. The Bertz CT molecular complexity index is 446. The Kier molecular flexibility index (Phi) is 21.8. The Morgan fingerprint density at radius 2 is 1.06 bits per heavy atom. The van der Waals surface area contributed by atoms with Gasteiger partial charge in [-0.15, -0.1) is 0 Å². The smallest absolute Gasteiger partial charge is 0.311 e. The molecule has 0 fully saturated rings. The fourth-order valence-electron chi connectivity index (χ4n) is 4.55. The molecule has 212 valence electrons. The first-order valence-electron chi connectivity index (χ1n) is 15.3. The first-order chi connectivity index (χ1) is 16.7. The van der Waals surface area contributed by atoms with Crippen LogP contribution in [0.25, 0.3) is 0 Å². The van der Waals surface area contributed by atoms with Gasteiger partial charge >= 0.3 is 5.97 Å². The highest BCUT2D eigenvalue weighted by molar-refractivity contribution is 4.78. The predicted molar refractivity (Wildman–Crippen MR) is 151 cm³/mol. The Labute approximate surface area is 220 Å². The highest BCUT2D eigenvalue weighted by atomic mass is 16.9. The average Bonchev–Trinajstić information content (AvgIpc) is 2.77. The van der Waals surface area contributed by atoms with E-state index >= 15 is 0 Å². The van der Waals surface area contributed by atoms with Crippen molar-refractivity contribution < 1.29 is 18.9 Å². The van der Waals surface area contributed by atoms with E-state index in [2.05, 4.69) is 55.4 Å². The van der Waals surface area contributed by atoms with E-state index in [1.807, 2.05) is 0 Å². The Morgan fingerprint density at radius 3 is 1.49 bits per heavy atom. The molecule has 0 rings (SSSR count). The minimum atomic E-state index is -1.16. The van der Waals surface area contributed by atoms with Crippen LogP contribution in [0.3, 0.4) is 0 Å². The van der Waals surface area contributed by atoms with Crippen LogP contribution < -0.4 is 0 Å². The summed E-state index contributed by atoms with van der Waals surface area (Å²) < 4.78 is 25.8. The molecule has 4 heteroatoms. The molecule has 0 radical (unpaired) electrons. The molecule has 2 atom stereocenters. The summed E-state index contributed by atoms with van der Waals surface area (Å²) >= 11 is 0. The lowest BCUT2D eigenvalue weighted by Gasteiger charge is -2.44. The first-order valence-corrected chi connectivity index (χ1v) is 15.3.